The number of hydrogen-bond acceptors (Lipinski definition) is 7. The van der Waals surface area contributed by atoms with E-state index in [2.05, 4.69) is 43.0 Å². The summed E-state index contributed by atoms with van der Waals surface area (Å²) < 4.78 is 17.4. The Bertz CT molecular complexity index is 911. The van der Waals surface area contributed by atoms with Crippen molar-refractivity contribution in [1.29, 1.82) is 0 Å². The molecule has 0 saturated carbocycles. The molecule has 3 aromatic rings. The summed E-state index contributed by atoms with van der Waals surface area (Å²) in [4.78, 5) is 2.15. The van der Waals surface area contributed by atoms with E-state index >= 15 is 0 Å². The molecule has 3 rings (SSSR count). The zero-order valence-corrected chi connectivity index (χ0v) is 19.5. The maximum absolute atomic E-state index is 5.89. The Hall–Kier alpha value is -2.51. The predicted octanol–water partition coefficient (Wildman–Crippen LogP) is 5.16. The summed E-state index contributed by atoms with van der Waals surface area (Å²) in [6, 6.07) is 17.6. The van der Waals surface area contributed by atoms with Gasteiger partial charge in [0.1, 0.15) is 18.1 Å². The molecule has 2 aromatic carbocycles. The number of nitrogens with zero attached hydrogens (tertiary/aromatic N) is 3. The Morgan fingerprint density at radius 1 is 0.935 bits per heavy atom. The zero-order chi connectivity index (χ0) is 22.1. The third-order valence-electron chi connectivity index (χ3n) is 4.50. The number of benzene rings is 2. The lowest BCUT2D eigenvalue weighted by Gasteiger charge is -2.23. The van der Waals surface area contributed by atoms with Crippen LogP contribution in [0.5, 0.6) is 11.5 Å². The maximum Gasteiger partial charge on any atom is 0.247 e. The first kappa shape index (κ1) is 23.2. The Balaban J connectivity index is 1.47. The molecule has 6 nitrogen and oxygen atoms in total. The average molecular weight is 442 g/mol. The summed E-state index contributed by atoms with van der Waals surface area (Å²) >= 11 is 1.73. The minimum atomic E-state index is -0.0873. The summed E-state index contributed by atoms with van der Waals surface area (Å²) in [6.45, 7) is 6.60. The van der Waals surface area contributed by atoms with Crippen molar-refractivity contribution in [3.8, 4) is 23.0 Å². The van der Waals surface area contributed by atoms with Crippen LogP contribution in [-0.2, 0) is 5.75 Å². The van der Waals surface area contributed by atoms with Crippen LogP contribution in [0.2, 0.25) is 0 Å². The summed E-state index contributed by atoms with van der Waals surface area (Å²) in [7, 11) is 4.12. The van der Waals surface area contributed by atoms with Gasteiger partial charge in [0, 0.05) is 16.9 Å². The van der Waals surface area contributed by atoms with Crippen LogP contribution < -0.4 is 9.47 Å². The fourth-order valence-electron chi connectivity index (χ4n) is 2.77. The van der Waals surface area contributed by atoms with Crippen molar-refractivity contribution in [2.24, 2.45) is 0 Å². The van der Waals surface area contributed by atoms with E-state index in [9.17, 15) is 0 Å². The average Bonchev–Trinajstić information content (AvgIpc) is 3.24. The third kappa shape index (κ3) is 7.92. The second-order valence-electron chi connectivity index (χ2n) is 8.18. The quantitative estimate of drug-likeness (QED) is 0.360. The van der Waals surface area contributed by atoms with Crippen LogP contribution in [0.3, 0.4) is 0 Å². The highest BCUT2D eigenvalue weighted by Crippen LogP contribution is 2.30. The van der Waals surface area contributed by atoms with Gasteiger partial charge in [0.2, 0.25) is 11.8 Å². The van der Waals surface area contributed by atoms with Gasteiger partial charge in [-0.05, 0) is 70.8 Å². The van der Waals surface area contributed by atoms with Crippen molar-refractivity contribution in [3.63, 3.8) is 0 Å². The summed E-state index contributed by atoms with van der Waals surface area (Å²) in [5, 5.41) is 8.40. The topological polar surface area (TPSA) is 60.6 Å². The number of thioether (sulfide) groups is 1. The van der Waals surface area contributed by atoms with Crippen LogP contribution in [0, 0.1) is 0 Å². The van der Waals surface area contributed by atoms with Gasteiger partial charge in [-0.3, -0.25) is 0 Å². The van der Waals surface area contributed by atoms with Gasteiger partial charge < -0.3 is 18.8 Å². The first-order valence-corrected chi connectivity index (χ1v) is 11.4. The van der Waals surface area contributed by atoms with Crippen LogP contribution in [0.1, 0.15) is 26.2 Å². The van der Waals surface area contributed by atoms with Gasteiger partial charge in [-0.1, -0.05) is 18.2 Å². The van der Waals surface area contributed by atoms with Crippen molar-refractivity contribution in [2.45, 2.75) is 30.8 Å². The number of hydrogen-bond donors (Lipinski definition) is 0. The number of aromatic nitrogens is 2. The van der Waals surface area contributed by atoms with E-state index in [1.807, 2.05) is 54.6 Å². The molecule has 0 atom stereocenters. The number of rotatable bonds is 12. The van der Waals surface area contributed by atoms with Gasteiger partial charge in [0.25, 0.3) is 0 Å². The molecule has 0 saturated heterocycles. The molecule has 0 radical (unpaired) electrons. The molecule has 0 fully saturated rings. The predicted molar refractivity (Wildman–Crippen MR) is 126 cm³/mol. The summed E-state index contributed by atoms with van der Waals surface area (Å²) in [5.74, 6) is 3.48. The van der Waals surface area contributed by atoms with Crippen molar-refractivity contribution >= 4 is 11.8 Å². The molecule has 166 valence electrons. The second kappa shape index (κ2) is 11.2. The molecule has 0 amide bonds. The minimum absolute atomic E-state index is 0.0873. The molecule has 0 N–H and O–H groups in total. The molecular formula is C24H31N3O3S. The Kier molecular flexibility index (Phi) is 8.37. The van der Waals surface area contributed by atoms with Gasteiger partial charge in [-0.15, -0.1) is 22.0 Å². The molecule has 0 spiro atoms. The van der Waals surface area contributed by atoms with Crippen molar-refractivity contribution in [3.05, 3.63) is 60.5 Å². The minimum Gasteiger partial charge on any atom is -0.494 e. The SMILES string of the molecule is CN(C)CCCOc1ccc(-c2nnc(CSC(C)(C)COc3ccccc3)o2)cc1. The molecule has 1 aromatic heterocycles. The van der Waals surface area contributed by atoms with E-state index in [4.69, 9.17) is 13.9 Å². The van der Waals surface area contributed by atoms with E-state index in [1.54, 1.807) is 11.8 Å². The van der Waals surface area contributed by atoms with Gasteiger partial charge in [0.15, 0.2) is 0 Å². The highest BCUT2D eigenvalue weighted by Gasteiger charge is 2.21. The highest BCUT2D eigenvalue weighted by molar-refractivity contribution is 7.99. The van der Waals surface area contributed by atoms with Gasteiger partial charge in [-0.2, -0.15) is 0 Å². The molecule has 0 unspecified atom stereocenters. The van der Waals surface area contributed by atoms with Crippen molar-refractivity contribution in [2.75, 3.05) is 33.9 Å². The van der Waals surface area contributed by atoms with E-state index < -0.39 is 0 Å². The van der Waals surface area contributed by atoms with E-state index in [0.29, 0.717) is 30.7 Å². The molecule has 0 aliphatic carbocycles. The standard InChI is InChI=1S/C24H31N3O3S/c1-24(2,18-29-20-9-6-5-7-10-20)31-17-22-25-26-23(30-22)19-11-13-21(14-12-19)28-16-8-15-27(3)4/h5-7,9-14H,8,15-18H2,1-4H3. The highest BCUT2D eigenvalue weighted by atomic mass is 32.2. The largest absolute Gasteiger partial charge is 0.494 e. The lowest BCUT2D eigenvalue weighted by Crippen LogP contribution is -2.25. The van der Waals surface area contributed by atoms with E-state index in [1.165, 1.54) is 0 Å². The van der Waals surface area contributed by atoms with Crippen LogP contribution >= 0.6 is 11.8 Å². The van der Waals surface area contributed by atoms with Crippen LogP contribution in [0.25, 0.3) is 11.5 Å². The molecular weight excluding hydrogens is 410 g/mol. The first-order chi connectivity index (χ1) is 14.9. The number of para-hydroxylation sites is 1. The Morgan fingerprint density at radius 2 is 1.65 bits per heavy atom. The van der Waals surface area contributed by atoms with Gasteiger partial charge in [0.05, 0.1) is 12.4 Å². The van der Waals surface area contributed by atoms with Gasteiger partial charge >= 0.3 is 0 Å². The van der Waals surface area contributed by atoms with Crippen LogP contribution in [0.15, 0.2) is 59.0 Å². The molecule has 7 heteroatoms. The molecule has 1 heterocycles. The summed E-state index contributed by atoms with van der Waals surface area (Å²) in [6.07, 6.45) is 0.992. The second-order valence-corrected chi connectivity index (χ2v) is 9.86. The third-order valence-corrected chi connectivity index (χ3v) is 5.79. The zero-order valence-electron chi connectivity index (χ0n) is 18.7. The van der Waals surface area contributed by atoms with Crippen LogP contribution in [0.4, 0.5) is 0 Å². The Labute approximate surface area is 189 Å². The molecule has 31 heavy (non-hydrogen) atoms. The smallest absolute Gasteiger partial charge is 0.247 e. The van der Waals surface area contributed by atoms with E-state index in [-0.39, 0.29) is 4.75 Å². The fourth-order valence-corrected chi connectivity index (χ4v) is 3.54. The van der Waals surface area contributed by atoms with Gasteiger partial charge in [-0.25, -0.2) is 0 Å². The molecule has 0 aliphatic heterocycles. The Morgan fingerprint density at radius 3 is 2.35 bits per heavy atom. The van der Waals surface area contributed by atoms with E-state index in [0.717, 1.165) is 30.0 Å². The molecule has 0 aliphatic rings. The lowest BCUT2D eigenvalue weighted by molar-refractivity contribution is 0.281. The monoisotopic (exact) mass is 441 g/mol. The van der Waals surface area contributed by atoms with Crippen molar-refractivity contribution in [1.82, 2.24) is 15.1 Å². The fraction of sp³-hybridized carbons (Fsp3) is 0.417. The molecule has 0 bridgehead atoms. The summed E-state index contributed by atoms with van der Waals surface area (Å²) in [5.41, 5.74) is 0.885. The normalized spacial score (nSPS) is 11.6. The maximum atomic E-state index is 5.89. The van der Waals surface area contributed by atoms with Crippen molar-refractivity contribution < 1.29 is 13.9 Å². The van der Waals surface area contributed by atoms with Crippen LogP contribution in [-0.4, -0.2) is 53.7 Å². The lowest BCUT2D eigenvalue weighted by atomic mass is 10.2. The number of ether oxygens (including phenoxy) is 2. The first-order valence-electron chi connectivity index (χ1n) is 10.4.